The predicted molar refractivity (Wildman–Crippen MR) is 112 cm³/mol. The molecule has 0 saturated carbocycles. The molecule has 3 aromatic heterocycles. The fourth-order valence-corrected chi connectivity index (χ4v) is 3.89. The summed E-state index contributed by atoms with van der Waals surface area (Å²) in [7, 11) is 0. The average molecular weight is 390 g/mol. The van der Waals surface area contributed by atoms with Crippen molar-refractivity contribution in [2.75, 3.05) is 24.5 Å². The molecule has 150 valence electrons. The van der Waals surface area contributed by atoms with E-state index in [0.29, 0.717) is 18.0 Å². The molecule has 1 aliphatic heterocycles. The fourth-order valence-electron chi connectivity index (χ4n) is 3.89. The highest BCUT2D eigenvalue weighted by molar-refractivity contribution is 5.94. The second kappa shape index (κ2) is 8.86. The first-order chi connectivity index (χ1) is 14.2. The van der Waals surface area contributed by atoms with Crippen molar-refractivity contribution in [2.24, 2.45) is 0 Å². The molecule has 1 fully saturated rings. The van der Waals surface area contributed by atoms with Gasteiger partial charge in [0.1, 0.15) is 11.6 Å². The van der Waals surface area contributed by atoms with Gasteiger partial charge in [-0.2, -0.15) is 0 Å². The van der Waals surface area contributed by atoms with E-state index in [0.717, 1.165) is 49.7 Å². The Hall–Kier alpha value is -3.22. The number of amides is 1. The highest BCUT2D eigenvalue weighted by Gasteiger charge is 2.26. The zero-order chi connectivity index (χ0) is 20.1. The van der Waals surface area contributed by atoms with Gasteiger partial charge in [0.05, 0.1) is 6.54 Å². The van der Waals surface area contributed by atoms with Gasteiger partial charge in [0, 0.05) is 62.1 Å². The lowest BCUT2D eigenvalue weighted by Crippen LogP contribution is -2.36. The van der Waals surface area contributed by atoms with Crippen molar-refractivity contribution in [2.45, 2.75) is 32.2 Å². The van der Waals surface area contributed by atoms with Crippen molar-refractivity contribution in [1.29, 1.82) is 0 Å². The minimum absolute atomic E-state index is 0.0586. The molecule has 3 aromatic rings. The maximum absolute atomic E-state index is 12.2. The number of nitrogens with one attached hydrogen (secondary N) is 1. The Morgan fingerprint density at radius 2 is 2.17 bits per heavy atom. The van der Waals surface area contributed by atoms with Crippen molar-refractivity contribution in [3.63, 3.8) is 0 Å². The Kier molecular flexibility index (Phi) is 5.84. The predicted octanol–water partition coefficient (Wildman–Crippen LogP) is 2.86. The molecule has 1 amide bonds. The number of hydrogen-bond acceptors (Lipinski definition) is 5. The summed E-state index contributed by atoms with van der Waals surface area (Å²) in [5.74, 6) is 2.21. The van der Waals surface area contributed by atoms with Crippen LogP contribution in [0.4, 0.5) is 5.82 Å². The number of rotatable bonds is 6. The smallest absolute Gasteiger partial charge is 0.251 e. The molecule has 1 saturated heterocycles. The maximum atomic E-state index is 12.2. The molecule has 7 nitrogen and oxygen atoms in total. The van der Waals surface area contributed by atoms with E-state index in [9.17, 15) is 4.79 Å². The minimum atomic E-state index is -0.0586. The number of carbonyl (C=O) groups excluding carboxylic acids is 1. The van der Waals surface area contributed by atoms with E-state index in [4.69, 9.17) is 0 Å². The summed E-state index contributed by atoms with van der Waals surface area (Å²) in [6.45, 7) is 5.08. The summed E-state index contributed by atoms with van der Waals surface area (Å²) < 4.78 is 2.21. The van der Waals surface area contributed by atoms with E-state index >= 15 is 0 Å². The zero-order valence-electron chi connectivity index (χ0n) is 16.7. The monoisotopic (exact) mass is 390 g/mol. The average Bonchev–Trinajstić information content (AvgIpc) is 3.23. The van der Waals surface area contributed by atoms with Crippen LogP contribution in [0.2, 0.25) is 0 Å². The lowest BCUT2D eigenvalue weighted by molar-refractivity contribution is 0.0955. The molecule has 0 unspecified atom stereocenters. The lowest BCUT2D eigenvalue weighted by Gasteiger charge is -2.33. The molecule has 0 radical (unpaired) electrons. The first-order valence-electron chi connectivity index (χ1n) is 10.1. The fraction of sp³-hybridized carbons (Fsp3) is 0.364. The number of hydrogen-bond donors (Lipinski definition) is 1. The van der Waals surface area contributed by atoms with Crippen LogP contribution in [0.15, 0.2) is 55.2 Å². The largest absolute Gasteiger partial charge is 0.356 e. The maximum Gasteiger partial charge on any atom is 0.251 e. The van der Waals surface area contributed by atoms with Crippen LogP contribution in [-0.2, 0) is 6.54 Å². The SMILES string of the molecule is CCNC(=O)c1ccnc(N2CCC[C@H](c3nccn3Cc3cccnc3)C2)c1. The quantitative estimate of drug-likeness (QED) is 0.700. The van der Waals surface area contributed by atoms with Crippen molar-refractivity contribution in [3.8, 4) is 0 Å². The molecule has 0 aliphatic carbocycles. The Labute approximate surface area is 170 Å². The summed E-state index contributed by atoms with van der Waals surface area (Å²) in [4.78, 5) is 27.8. The van der Waals surface area contributed by atoms with Gasteiger partial charge in [-0.15, -0.1) is 0 Å². The van der Waals surface area contributed by atoms with Crippen LogP contribution in [0.5, 0.6) is 0 Å². The Morgan fingerprint density at radius 3 is 3.00 bits per heavy atom. The topological polar surface area (TPSA) is 75.9 Å². The molecule has 0 spiro atoms. The number of pyridine rings is 2. The van der Waals surface area contributed by atoms with Gasteiger partial charge >= 0.3 is 0 Å². The van der Waals surface area contributed by atoms with Gasteiger partial charge in [0.15, 0.2) is 0 Å². The van der Waals surface area contributed by atoms with Crippen LogP contribution in [0.25, 0.3) is 0 Å². The van der Waals surface area contributed by atoms with E-state index in [2.05, 4.69) is 35.8 Å². The summed E-state index contributed by atoms with van der Waals surface area (Å²) >= 11 is 0. The molecule has 0 bridgehead atoms. The van der Waals surface area contributed by atoms with E-state index in [1.807, 2.05) is 37.6 Å². The number of nitrogens with zero attached hydrogens (tertiary/aromatic N) is 5. The molecule has 0 aromatic carbocycles. The van der Waals surface area contributed by atoms with Gasteiger partial charge in [0.2, 0.25) is 0 Å². The standard InChI is InChI=1S/C22H26N6O/c1-2-24-22(29)18-7-9-25-20(13-18)27-11-4-6-19(16-27)21-26-10-12-28(21)15-17-5-3-8-23-14-17/h3,5,7-10,12-14,19H,2,4,6,11,15-16H2,1H3,(H,24,29)/t19-/m0/s1. The third-order valence-corrected chi connectivity index (χ3v) is 5.28. The summed E-state index contributed by atoms with van der Waals surface area (Å²) in [5, 5.41) is 2.85. The van der Waals surface area contributed by atoms with Crippen molar-refractivity contribution in [1.82, 2.24) is 24.8 Å². The molecule has 1 aliphatic rings. The van der Waals surface area contributed by atoms with Crippen molar-refractivity contribution in [3.05, 3.63) is 72.2 Å². The van der Waals surface area contributed by atoms with E-state index in [1.165, 1.54) is 0 Å². The third kappa shape index (κ3) is 4.45. The molecule has 1 atom stereocenters. The first-order valence-corrected chi connectivity index (χ1v) is 10.1. The second-order valence-corrected chi connectivity index (χ2v) is 7.32. The summed E-state index contributed by atoms with van der Waals surface area (Å²) in [5.41, 5.74) is 1.81. The first kappa shape index (κ1) is 19.1. The second-order valence-electron chi connectivity index (χ2n) is 7.32. The minimum Gasteiger partial charge on any atom is -0.356 e. The van der Waals surface area contributed by atoms with E-state index in [-0.39, 0.29) is 5.91 Å². The number of imidazole rings is 1. The molecule has 1 N–H and O–H groups in total. The number of piperidine rings is 1. The Morgan fingerprint density at radius 1 is 1.24 bits per heavy atom. The zero-order valence-corrected chi connectivity index (χ0v) is 16.7. The van der Waals surface area contributed by atoms with Crippen LogP contribution in [-0.4, -0.2) is 45.1 Å². The van der Waals surface area contributed by atoms with Crippen molar-refractivity contribution < 1.29 is 4.79 Å². The Bertz CT molecular complexity index is 955. The normalized spacial score (nSPS) is 16.6. The summed E-state index contributed by atoms with van der Waals surface area (Å²) in [6, 6.07) is 7.69. The van der Waals surface area contributed by atoms with Gasteiger partial charge in [-0.25, -0.2) is 9.97 Å². The van der Waals surface area contributed by atoms with Crippen LogP contribution in [0.3, 0.4) is 0 Å². The molecule has 29 heavy (non-hydrogen) atoms. The van der Waals surface area contributed by atoms with Gasteiger partial charge in [-0.05, 0) is 43.5 Å². The van der Waals surface area contributed by atoms with Gasteiger partial charge in [-0.3, -0.25) is 9.78 Å². The number of aromatic nitrogens is 4. The molecule has 4 rings (SSSR count). The van der Waals surface area contributed by atoms with E-state index in [1.54, 1.807) is 18.5 Å². The van der Waals surface area contributed by atoms with Crippen molar-refractivity contribution >= 4 is 11.7 Å². The molecular formula is C22H26N6O. The van der Waals surface area contributed by atoms with Crippen LogP contribution in [0, 0.1) is 0 Å². The van der Waals surface area contributed by atoms with Gasteiger partial charge in [-0.1, -0.05) is 6.07 Å². The molecule has 4 heterocycles. The lowest BCUT2D eigenvalue weighted by atomic mass is 9.97. The Balaban J connectivity index is 1.51. The molecule has 7 heteroatoms. The van der Waals surface area contributed by atoms with Crippen LogP contribution < -0.4 is 10.2 Å². The highest BCUT2D eigenvalue weighted by atomic mass is 16.1. The van der Waals surface area contributed by atoms with Crippen LogP contribution >= 0.6 is 0 Å². The van der Waals surface area contributed by atoms with Crippen LogP contribution in [0.1, 0.15) is 47.4 Å². The number of anilines is 1. The summed E-state index contributed by atoms with van der Waals surface area (Å²) in [6.07, 6.45) is 11.5. The van der Waals surface area contributed by atoms with E-state index < -0.39 is 0 Å². The highest BCUT2D eigenvalue weighted by Crippen LogP contribution is 2.29. The van der Waals surface area contributed by atoms with Gasteiger partial charge < -0.3 is 14.8 Å². The molecular weight excluding hydrogens is 364 g/mol. The third-order valence-electron chi connectivity index (χ3n) is 5.28. The van der Waals surface area contributed by atoms with Gasteiger partial charge in [0.25, 0.3) is 5.91 Å². The number of carbonyl (C=O) groups is 1.